The maximum absolute atomic E-state index is 11.9. The molecule has 0 heterocycles. The molecule has 1 rings (SSSR count). The molecule has 1 amide bonds. The Morgan fingerprint density at radius 3 is 2.32 bits per heavy atom. The van der Waals surface area contributed by atoms with Crippen LogP contribution in [0.5, 0.6) is 0 Å². The zero-order valence-corrected chi connectivity index (χ0v) is 13.6. The van der Waals surface area contributed by atoms with Crippen molar-refractivity contribution >= 4 is 40.9 Å². The molecular formula is C14H19Cl2NOS. The molecule has 1 N–H and O–H groups in total. The fraction of sp³-hybridized carbons (Fsp3) is 0.500. The van der Waals surface area contributed by atoms with Gasteiger partial charge in [0.15, 0.2) is 0 Å². The van der Waals surface area contributed by atoms with Crippen LogP contribution in [-0.2, 0) is 10.5 Å². The summed E-state index contributed by atoms with van der Waals surface area (Å²) in [5, 5.41) is 2.58. The summed E-state index contributed by atoms with van der Waals surface area (Å²) >= 11 is 13.4. The Kier molecular flexibility index (Phi) is 6.51. The van der Waals surface area contributed by atoms with Gasteiger partial charge in [-0.2, -0.15) is 0 Å². The van der Waals surface area contributed by atoms with Crippen LogP contribution < -0.4 is 5.32 Å². The molecule has 5 heteroatoms. The summed E-state index contributed by atoms with van der Waals surface area (Å²) in [7, 11) is 0. The standard InChI is InChI=1S/C14H19Cl2NOS/c1-14(2,3)13(18)17-12(11(15)16)19-9-10-7-5-4-6-8-10/h4-8,11-12H,9H2,1-3H3,(H,17,18). The highest BCUT2D eigenvalue weighted by Crippen LogP contribution is 2.25. The van der Waals surface area contributed by atoms with Crippen molar-refractivity contribution < 1.29 is 4.79 Å². The number of carbonyl (C=O) groups excluding carboxylic acids is 1. The summed E-state index contributed by atoms with van der Waals surface area (Å²) in [4.78, 5) is 11.3. The minimum atomic E-state index is -0.639. The van der Waals surface area contributed by atoms with Crippen LogP contribution in [-0.4, -0.2) is 16.1 Å². The molecule has 1 aromatic rings. The van der Waals surface area contributed by atoms with Crippen molar-refractivity contribution in [3.8, 4) is 0 Å². The number of halogens is 2. The fourth-order valence-corrected chi connectivity index (χ4v) is 2.75. The molecule has 0 spiro atoms. The predicted octanol–water partition coefficient (Wildman–Crippen LogP) is 4.21. The van der Waals surface area contributed by atoms with E-state index in [4.69, 9.17) is 23.2 Å². The van der Waals surface area contributed by atoms with E-state index in [1.165, 1.54) is 17.3 Å². The minimum absolute atomic E-state index is 0.0515. The van der Waals surface area contributed by atoms with E-state index < -0.39 is 10.3 Å². The Hall–Kier alpha value is -0.380. The second-order valence-electron chi connectivity index (χ2n) is 5.28. The highest BCUT2D eigenvalue weighted by atomic mass is 35.5. The minimum Gasteiger partial charge on any atom is -0.341 e. The van der Waals surface area contributed by atoms with Gasteiger partial charge in [0, 0.05) is 11.2 Å². The third kappa shape index (κ3) is 6.07. The number of rotatable bonds is 5. The summed E-state index contributed by atoms with van der Waals surface area (Å²) in [6, 6.07) is 10.0. The van der Waals surface area contributed by atoms with Gasteiger partial charge in [-0.25, -0.2) is 0 Å². The number of thioether (sulfide) groups is 1. The molecule has 1 atom stereocenters. The van der Waals surface area contributed by atoms with E-state index in [9.17, 15) is 4.79 Å². The lowest BCUT2D eigenvalue weighted by molar-refractivity contribution is -0.128. The van der Waals surface area contributed by atoms with Crippen molar-refractivity contribution in [1.29, 1.82) is 0 Å². The number of hydrogen-bond donors (Lipinski definition) is 1. The molecule has 0 saturated heterocycles. The van der Waals surface area contributed by atoms with Crippen LogP contribution in [0, 0.1) is 5.41 Å². The molecule has 0 bridgehead atoms. The first-order chi connectivity index (χ1) is 8.80. The Balaban J connectivity index is 2.57. The third-order valence-electron chi connectivity index (χ3n) is 2.46. The van der Waals surface area contributed by atoms with Crippen molar-refractivity contribution in [3.05, 3.63) is 35.9 Å². The molecule has 19 heavy (non-hydrogen) atoms. The second kappa shape index (κ2) is 7.41. The number of benzene rings is 1. The van der Waals surface area contributed by atoms with Crippen LogP contribution in [0.3, 0.4) is 0 Å². The number of amides is 1. The Morgan fingerprint density at radius 1 is 1.26 bits per heavy atom. The molecule has 0 aliphatic carbocycles. The van der Waals surface area contributed by atoms with Gasteiger partial charge in [0.2, 0.25) is 5.91 Å². The van der Waals surface area contributed by atoms with Crippen LogP contribution in [0.1, 0.15) is 26.3 Å². The van der Waals surface area contributed by atoms with Crippen LogP contribution in [0.2, 0.25) is 0 Å². The Labute approximate surface area is 129 Å². The third-order valence-corrected chi connectivity index (χ3v) is 4.51. The van der Waals surface area contributed by atoms with Gasteiger partial charge in [-0.05, 0) is 5.56 Å². The van der Waals surface area contributed by atoms with Crippen molar-refractivity contribution in [1.82, 2.24) is 5.32 Å². The summed E-state index contributed by atoms with van der Waals surface area (Å²) in [6.07, 6.45) is 0. The van der Waals surface area contributed by atoms with Gasteiger partial charge in [-0.15, -0.1) is 35.0 Å². The highest BCUT2D eigenvalue weighted by Gasteiger charge is 2.27. The van der Waals surface area contributed by atoms with E-state index in [1.54, 1.807) is 0 Å². The summed E-state index contributed by atoms with van der Waals surface area (Å²) in [5.74, 6) is 0.704. The van der Waals surface area contributed by atoms with Gasteiger partial charge in [0.05, 0.1) is 0 Å². The largest absolute Gasteiger partial charge is 0.341 e. The van der Waals surface area contributed by atoms with E-state index in [0.29, 0.717) is 0 Å². The molecule has 2 nitrogen and oxygen atoms in total. The molecule has 0 radical (unpaired) electrons. The monoisotopic (exact) mass is 319 g/mol. The lowest BCUT2D eigenvalue weighted by Gasteiger charge is -2.24. The summed E-state index contributed by atoms with van der Waals surface area (Å²) < 4.78 is 0. The SMILES string of the molecule is CC(C)(C)C(=O)NC(SCc1ccccc1)C(Cl)Cl. The van der Waals surface area contributed by atoms with Gasteiger partial charge < -0.3 is 5.32 Å². The zero-order chi connectivity index (χ0) is 14.5. The number of hydrogen-bond acceptors (Lipinski definition) is 2. The van der Waals surface area contributed by atoms with E-state index in [2.05, 4.69) is 5.32 Å². The van der Waals surface area contributed by atoms with Crippen molar-refractivity contribution in [2.45, 2.75) is 36.7 Å². The van der Waals surface area contributed by atoms with Crippen molar-refractivity contribution in [3.63, 3.8) is 0 Å². The van der Waals surface area contributed by atoms with Crippen LogP contribution >= 0.6 is 35.0 Å². The van der Waals surface area contributed by atoms with Gasteiger partial charge in [-0.3, -0.25) is 4.79 Å². The van der Waals surface area contributed by atoms with E-state index >= 15 is 0 Å². The lowest BCUT2D eigenvalue weighted by Crippen LogP contribution is -2.43. The smallest absolute Gasteiger partial charge is 0.226 e. The summed E-state index contributed by atoms with van der Waals surface area (Å²) in [6.45, 7) is 5.58. The van der Waals surface area contributed by atoms with E-state index in [1.807, 2.05) is 51.1 Å². The average molecular weight is 320 g/mol. The molecule has 0 saturated carbocycles. The maximum Gasteiger partial charge on any atom is 0.226 e. The molecule has 0 aliphatic rings. The molecule has 1 aromatic carbocycles. The van der Waals surface area contributed by atoms with Crippen molar-refractivity contribution in [2.24, 2.45) is 5.41 Å². The Bertz CT molecular complexity index is 404. The molecule has 0 aromatic heterocycles. The van der Waals surface area contributed by atoms with Crippen LogP contribution in [0.4, 0.5) is 0 Å². The highest BCUT2D eigenvalue weighted by molar-refractivity contribution is 7.99. The Morgan fingerprint density at radius 2 is 1.84 bits per heavy atom. The first-order valence-corrected chi connectivity index (χ1v) is 7.97. The normalized spacial score (nSPS) is 13.4. The fourth-order valence-electron chi connectivity index (χ4n) is 1.28. The zero-order valence-electron chi connectivity index (χ0n) is 11.3. The molecular weight excluding hydrogens is 301 g/mol. The molecule has 0 fully saturated rings. The number of carbonyl (C=O) groups is 1. The first kappa shape index (κ1) is 16.7. The van der Waals surface area contributed by atoms with E-state index in [0.717, 1.165) is 5.75 Å². The second-order valence-corrected chi connectivity index (χ2v) is 7.57. The molecule has 106 valence electrons. The average Bonchev–Trinajstić information content (AvgIpc) is 2.33. The van der Waals surface area contributed by atoms with Crippen LogP contribution in [0.25, 0.3) is 0 Å². The first-order valence-electron chi connectivity index (χ1n) is 6.05. The number of nitrogens with one attached hydrogen (secondary N) is 1. The van der Waals surface area contributed by atoms with Gasteiger partial charge in [-0.1, -0.05) is 51.1 Å². The number of alkyl halides is 2. The lowest BCUT2D eigenvalue weighted by atomic mass is 9.96. The molecule has 1 unspecified atom stereocenters. The van der Waals surface area contributed by atoms with E-state index in [-0.39, 0.29) is 11.3 Å². The summed E-state index contributed by atoms with van der Waals surface area (Å²) in [5.41, 5.74) is 0.727. The van der Waals surface area contributed by atoms with Gasteiger partial charge in [0.25, 0.3) is 0 Å². The maximum atomic E-state index is 11.9. The van der Waals surface area contributed by atoms with Crippen molar-refractivity contribution in [2.75, 3.05) is 0 Å². The quantitative estimate of drug-likeness (QED) is 0.650. The topological polar surface area (TPSA) is 29.1 Å². The van der Waals surface area contributed by atoms with Gasteiger partial charge in [0.1, 0.15) is 10.2 Å². The van der Waals surface area contributed by atoms with Gasteiger partial charge >= 0.3 is 0 Å². The molecule has 0 aliphatic heterocycles. The predicted molar refractivity (Wildman–Crippen MR) is 84.6 cm³/mol. The van der Waals surface area contributed by atoms with Crippen LogP contribution in [0.15, 0.2) is 30.3 Å².